The zero-order valence-electron chi connectivity index (χ0n) is 13.8. The maximum atomic E-state index is 5.74. The van der Waals surface area contributed by atoms with E-state index in [1.54, 1.807) is 0 Å². The maximum absolute atomic E-state index is 5.74. The van der Waals surface area contributed by atoms with Crippen molar-refractivity contribution in [3.8, 4) is 5.75 Å². The second kappa shape index (κ2) is 7.55. The van der Waals surface area contributed by atoms with Gasteiger partial charge in [0.2, 0.25) is 0 Å². The van der Waals surface area contributed by atoms with E-state index in [1.807, 2.05) is 0 Å². The van der Waals surface area contributed by atoms with Crippen LogP contribution < -0.4 is 10.1 Å². The van der Waals surface area contributed by atoms with Crippen LogP contribution in [0.4, 0.5) is 0 Å². The highest BCUT2D eigenvalue weighted by atomic mass is 32.2. The molecule has 0 spiro atoms. The Hall–Kier alpha value is -0.670. The van der Waals surface area contributed by atoms with Gasteiger partial charge in [0.15, 0.2) is 0 Å². The molecule has 2 unspecified atom stereocenters. The lowest BCUT2D eigenvalue weighted by Crippen LogP contribution is -2.34. The average molecular weight is 308 g/mol. The van der Waals surface area contributed by atoms with Crippen LogP contribution in [0.25, 0.3) is 0 Å². The zero-order valence-corrected chi connectivity index (χ0v) is 14.6. The lowest BCUT2D eigenvalue weighted by Gasteiger charge is -2.26. The van der Waals surface area contributed by atoms with Crippen LogP contribution in [0.2, 0.25) is 0 Å². The van der Waals surface area contributed by atoms with Gasteiger partial charge in [0, 0.05) is 17.3 Å². The molecule has 2 rings (SSSR count). The molecule has 3 heteroatoms. The molecule has 1 aromatic rings. The highest BCUT2D eigenvalue weighted by Crippen LogP contribution is 2.37. The normalized spacial score (nSPS) is 23.5. The molecule has 0 amide bonds. The molecule has 0 aliphatic carbocycles. The highest BCUT2D eigenvalue weighted by molar-refractivity contribution is 8.00. The molecular formula is C18H29NOS. The van der Waals surface area contributed by atoms with Gasteiger partial charge in [-0.2, -0.15) is 11.8 Å². The van der Waals surface area contributed by atoms with Gasteiger partial charge in [-0.3, -0.25) is 0 Å². The van der Waals surface area contributed by atoms with Gasteiger partial charge in [-0.25, -0.2) is 0 Å². The number of thioether (sulfide) groups is 1. The Labute approximate surface area is 134 Å². The van der Waals surface area contributed by atoms with Gasteiger partial charge in [0.05, 0.1) is 6.61 Å². The molecule has 2 nitrogen and oxygen atoms in total. The van der Waals surface area contributed by atoms with Gasteiger partial charge in [-0.15, -0.1) is 0 Å². The number of nitrogens with one attached hydrogen (secondary N) is 1. The lowest BCUT2D eigenvalue weighted by molar-refractivity contribution is 0.271. The zero-order chi connectivity index (χ0) is 15.3. The Bertz CT molecular complexity index is 423. The topological polar surface area (TPSA) is 21.3 Å². The molecule has 1 heterocycles. The minimum Gasteiger partial charge on any atom is -0.493 e. The Balaban J connectivity index is 1.83. The summed E-state index contributed by atoms with van der Waals surface area (Å²) in [5.41, 5.74) is 1.33. The van der Waals surface area contributed by atoms with Crippen LogP contribution in [0.15, 0.2) is 24.3 Å². The summed E-state index contributed by atoms with van der Waals surface area (Å²) in [6, 6.07) is 8.92. The molecule has 1 aliphatic heterocycles. The van der Waals surface area contributed by atoms with Crippen molar-refractivity contribution in [2.24, 2.45) is 5.92 Å². The van der Waals surface area contributed by atoms with Crippen LogP contribution in [-0.2, 0) is 0 Å². The summed E-state index contributed by atoms with van der Waals surface area (Å²) in [5.74, 6) is 2.85. The molecule has 0 radical (unpaired) electrons. The predicted octanol–water partition coefficient (Wildman–Crippen LogP) is 4.66. The summed E-state index contributed by atoms with van der Waals surface area (Å²) in [5, 5.41) is 3.69. The van der Waals surface area contributed by atoms with Gasteiger partial charge in [-0.1, -0.05) is 26.0 Å². The van der Waals surface area contributed by atoms with E-state index >= 15 is 0 Å². The second-order valence-corrected chi connectivity index (χ2v) is 8.46. The third kappa shape index (κ3) is 5.23. The van der Waals surface area contributed by atoms with E-state index in [1.165, 1.54) is 24.2 Å². The minimum atomic E-state index is 0.391. The Kier molecular flexibility index (Phi) is 6.00. The third-order valence-electron chi connectivity index (χ3n) is 4.05. The van der Waals surface area contributed by atoms with Crippen molar-refractivity contribution in [2.75, 3.05) is 18.9 Å². The van der Waals surface area contributed by atoms with Crippen molar-refractivity contribution in [1.82, 2.24) is 5.32 Å². The van der Waals surface area contributed by atoms with Gasteiger partial charge < -0.3 is 10.1 Å². The Morgan fingerprint density at radius 1 is 1.24 bits per heavy atom. The smallest absolute Gasteiger partial charge is 0.119 e. The van der Waals surface area contributed by atoms with E-state index in [-0.39, 0.29) is 0 Å². The van der Waals surface area contributed by atoms with E-state index < -0.39 is 0 Å². The van der Waals surface area contributed by atoms with Crippen LogP contribution in [0, 0.1) is 5.92 Å². The number of hydrogen-bond donors (Lipinski definition) is 1. The number of ether oxygens (including phenoxy) is 1. The Morgan fingerprint density at radius 3 is 2.52 bits per heavy atom. The second-order valence-electron chi connectivity index (χ2n) is 6.78. The molecule has 21 heavy (non-hydrogen) atoms. The molecule has 1 aliphatic rings. The number of hydrogen-bond acceptors (Lipinski definition) is 3. The molecule has 1 saturated heterocycles. The van der Waals surface area contributed by atoms with Gasteiger partial charge in [0.25, 0.3) is 0 Å². The van der Waals surface area contributed by atoms with Crippen molar-refractivity contribution in [3.05, 3.63) is 29.8 Å². The Morgan fingerprint density at radius 2 is 1.95 bits per heavy atom. The SMILES string of the molecule is CC(C)COc1ccc(C(C)NCC2(C)CCCS2)cc1. The monoisotopic (exact) mass is 307 g/mol. The molecular weight excluding hydrogens is 278 g/mol. The van der Waals surface area contributed by atoms with Crippen LogP contribution in [0.5, 0.6) is 5.75 Å². The van der Waals surface area contributed by atoms with Crippen molar-refractivity contribution in [2.45, 2.75) is 51.3 Å². The third-order valence-corrected chi connectivity index (χ3v) is 5.58. The first-order valence-electron chi connectivity index (χ1n) is 8.09. The fourth-order valence-electron chi connectivity index (χ4n) is 2.58. The number of benzene rings is 1. The van der Waals surface area contributed by atoms with E-state index in [4.69, 9.17) is 4.74 Å². The molecule has 0 bridgehead atoms. The van der Waals surface area contributed by atoms with Crippen molar-refractivity contribution in [3.63, 3.8) is 0 Å². The molecule has 118 valence electrons. The van der Waals surface area contributed by atoms with Crippen LogP contribution in [0.3, 0.4) is 0 Å². The van der Waals surface area contributed by atoms with Gasteiger partial charge in [0.1, 0.15) is 5.75 Å². The van der Waals surface area contributed by atoms with E-state index in [0.717, 1.165) is 18.9 Å². The summed E-state index contributed by atoms with van der Waals surface area (Å²) in [7, 11) is 0. The average Bonchev–Trinajstić information content (AvgIpc) is 2.90. The summed E-state index contributed by atoms with van der Waals surface area (Å²) in [4.78, 5) is 0. The first kappa shape index (κ1) is 16.7. The molecule has 0 aromatic heterocycles. The molecule has 1 fully saturated rings. The first-order valence-corrected chi connectivity index (χ1v) is 9.07. The fourth-order valence-corrected chi connectivity index (χ4v) is 3.83. The van der Waals surface area contributed by atoms with Crippen LogP contribution in [-0.4, -0.2) is 23.7 Å². The molecule has 1 N–H and O–H groups in total. The number of rotatable bonds is 7. The van der Waals surface area contributed by atoms with Crippen LogP contribution >= 0.6 is 11.8 Å². The standard InChI is InChI=1S/C18H29NOS/c1-14(2)12-20-17-8-6-16(7-9-17)15(3)19-13-18(4)10-5-11-21-18/h6-9,14-15,19H,5,10-13H2,1-4H3. The fraction of sp³-hybridized carbons (Fsp3) is 0.667. The summed E-state index contributed by atoms with van der Waals surface area (Å²) >= 11 is 2.11. The van der Waals surface area contributed by atoms with E-state index in [2.05, 4.69) is 69.0 Å². The largest absolute Gasteiger partial charge is 0.493 e. The summed E-state index contributed by atoms with van der Waals surface area (Å²) in [6.45, 7) is 10.8. The van der Waals surface area contributed by atoms with Crippen molar-refractivity contribution in [1.29, 1.82) is 0 Å². The maximum Gasteiger partial charge on any atom is 0.119 e. The van der Waals surface area contributed by atoms with Gasteiger partial charge in [-0.05, 0) is 56.1 Å². The van der Waals surface area contributed by atoms with Crippen LogP contribution in [0.1, 0.15) is 52.1 Å². The van der Waals surface area contributed by atoms with Crippen molar-refractivity contribution >= 4 is 11.8 Å². The van der Waals surface area contributed by atoms with Crippen molar-refractivity contribution < 1.29 is 4.74 Å². The molecule has 0 saturated carbocycles. The van der Waals surface area contributed by atoms with Gasteiger partial charge >= 0.3 is 0 Å². The quantitative estimate of drug-likeness (QED) is 0.792. The molecule has 2 atom stereocenters. The summed E-state index contributed by atoms with van der Waals surface area (Å²) in [6.07, 6.45) is 2.69. The first-order chi connectivity index (χ1) is 9.98. The summed E-state index contributed by atoms with van der Waals surface area (Å²) < 4.78 is 6.16. The minimum absolute atomic E-state index is 0.391. The van der Waals surface area contributed by atoms with E-state index in [9.17, 15) is 0 Å². The predicted molar refractivity (Wildman–Crippen MR) is 93.3 cm³/mol. The lowest BCUT2D eigenvalue weighted by atomic mass is 10.0. The van der Waals surface area contributed by atoms with E-state index in [0.29, 0.717) is 16.7 Å². The molecule has 1 aromatic carbocycles. The highest BCUT2D eigenvalue weighted by Gasteiger charge is 2.29.